The van der Waals surface area contributed by atoms with Gasteiger partial charge in [0, 0.05) is 7.05 Å². The van der Waals surface area contributed by atoms with E-state index in [0.717, 1.165) is 36.6 Å². The SMILES string of the molecule is Cc1nn(C)c(C)c1OC1(CCNCC(C)C)CCC1. The third kappa shape index (κ3) is 3.35. The molecule has 1 N–H and O–H groups in total. The summed E-state index contributed by atoms with van der Waals surface area (Å²) in [6, 6.07) is 0. The molecular weight excluding hydrogens is 250 g/mol. The quantitative estimate of drug-likeness (QED) is 0.780. The topological polar surface area (TPSA) is 39.1 Å². The lowest BCUT2D eigenvalue weighted by molar-refractivity contribution is -0.0154. The van der Waals surface area contributed by atoms with Gasteiger partial charge in [-0.15, -0.1) is 0 Å². The predicted molar refractivity (Wildman–Crippen MR) is 82.2 cm³/mol. The van der Waals surface area contributed by atoms with Gasteiger partial charge in [-0.05, 0) is 58.5 Å². The van der Waals surface area contributed by atoms with E-state index in [-0.39, 0.29) is 5.60 Å². The van der Waals surface area contributed by atoms with E-state index in [1.165, 1.54) is 19.3 Å². The van der Waals surface area contributed by atoms with Gasteiger partial charge in [0.15, 0.2) is 5.75 Å². The zero-order valence-corrected chi connectivity index (χ0v) is 13.6. The zero-order valence-electron chi connectivity index (χ0n) is 13.6. The number of rotatable bonds is 7. The molecule has 1 aliphatic rings. The average Bonchev–Trinajstić information content (AvgIpc) is 2.56. The van der Waals surface area contributed by atoms with E-state index in [4.69, 9.17) is 4.74 Å². The fourth-order valence-electron chi connectivity index (χ4n) is 2.80. The summed E-state index contributed by atoms with van der Waals surface area (Å²) in [5.74, 6) is 1.70. The maximum atomic E-state index is 6.40. The van der Waals surface area contributed by atoms with E-state index in [1.807, 2.05) is 18.7 Å². The van der Waals surface area contributed by atoms with Crippen LogP contribution in [0.15, 0.2) is 0 Å². The molecule has 1 saturated carbocycles. The lowest BCUT2D eigenvalue weighted by atomic mass is 9.77. The summed E-state index contributed by atoms with van der Waals surface area (Å²) in [6.45, 7) is 10.7. The molecule has 1 aromatic rings. The van der Waals surface area contributed by atoms with Crippen molar-refractivity contribution in [3.8, 4) is 5.75 Å². The van der Waals surface area contributed by atoms with E-state index in [9.17, 15) is 0 Å². The highest BCUT2D eigenvalue weighted by molar-refractivity contribution is 5.32. The Hall–Kier alpha value is -1.03. The molecule has 0 spiro atoms. The highest BCUT2D eigenvalue weighted by Crippen LogP contribution is 2.40. The van der Waals surface area contributed by atoms with Crippen LogP contribution in [0.5, 0.6) is 5.75 Å². The summed E-state index contributed by atoms with van der Waals surface area (Å²) >= 11 is 0. The Morgan fingerprint density at radius 2 is 2.05 bits per heavy atom. The molecule has 0 radical (unpaired) electrons. The molecule has 4 heteroatoms. The van der Waals surface area contributed by atoms with Crippen LogP contribution < -0.4 is 10.1 Å². The molecule has 1 heterocycles. The molecule has 1 aromatic heterocycles. The van der Waals surface area contributed by atoms with Gasteiger partial charge in [0.1, 0.15) is 11.3 Å². The van der Waals surface area contributed by atoms with Crippen molar-refractivity contribution < 1.29 is 4.74 Å². The maximum absolute atomic E-state index is 6.40. The lowest BCUT2D eigenvalue weighted by Gasteiger charge is -2.42. The third-order valence-electron chi connectivity index (χ3n) is 4.34. The molecule has 0 amide bonds. The van der Waals surface area contributed by atoms with E-state index in [2.05, 4.69) is 31.2 Å². The Labute approximate surface area is 122 Å². The van der Waals surface area contributed by atoms with Crippen LogP contribution in [0, 0.1) is 19.8 Å². The normalized spacial score (nSPS) is 17.3. The molecule has 20 heavy (non-hydrogen) atoms. The van der Waals surface area contributed by atoms with Gasteiger partial charge in [-0.2, -0.15) is 5.10 Å². The Kier molecular flexibility index (Phi) is 4.74. The number of hydrogen-bond donors (Lipinski definition) is 1. The van der Waals surface area contributed by atoms with Crippen molar-refractivity contribution in [2.45, 2.75) is 59.0 Å². The Morgan fingerprint density at radius 3 is 2.50 bits per heavy atom. The minimum absolute atomic E-state index is 0.0442. The minimum Gasteiger partial charge on any atom is -0.483 e. The number of aryl methyl sites for hydroxylation is 2. The second-order valence-corrected chi connectivity index (χ2v) is 6.61. The molecule has 1 fully saturated rings. The molecule has 4 nitrogen and oxygen atoms in total. The summed E-state index contributed by atoms with van der Waals surface area (Å²) in [5, 5.41) is 7.98. The van der Waals surface area contributed by atoms with Crippen LogP contribution >= 0.6 is 0 Å². The van der Waals surface area contributed by atoms with Gasteiger partial charge in [-0.3, -0.25) is 4.68 Å². The molecule has 0 saturated heterocycles. The van der Waals surface area contributed by atoms with Crippen molar-refractivity contribution >= 4 is 0 Å². The van der Waals surface area contributed by atoms with Crippen LogP contribution in [0.1, 0.15) is 50.9 Å². The van der Waals surface area contributed by atoms with E-state index in [1.54, 1.807) is 0 Å². The molecule has 0 aromatic carbocycles. The van der Waals surface area contributed by atoms with E-state index >= 15 is 0 Å². The fourth-order valence-corrected chi connectivity index (χ4v) is 2.80. The monoisotopic (exact) mass is 279 g/mol. The zero-order chi connectivity index (χ0) is 14.8. The van der Waals surface area contributed by atoms with Crippen molar-refractivity contribution in [2.24, 2.45) is 13.0 Å². The molecule has 0 unspecified atom stereocenters. The van der Waals surface area contributed by atoms with Crippen LogP contribution in [0.4, 0.5) is 0 Å². The maximum Gasteiger partial charge on any atom is 0.163 e. The summed E-state index contributed by atoms with van der Waals surface area (Å²) < 4.78 is 8.31. The number of hydrogen-bond acceptors (Lipinski definition) is 3. The number of nitrogens with zero attached hydrogens (tertiary/aromatic N) is 2. The van der Waals surface area contributed by atoms with E-state index in [0.29, 0.717) is 5.92 Å². The fraction of sp³-hybridized carbons (Fsp3) is 0.812. The van der Waals surface area contributed by atoms with Crippen LogP contribution in [-0.4, -0.2) is 28.5 Å². The standard InChI is InChI=1S/C16H29N3O/c1-12(2)11-17-10-9-16(7-6-8-16)20-15-13(3)18-19(5)14(15)4/h12,17H,6-11H2,1-5H3. The van der Waals surface area contributed by atoms with Crippen molar-refractivity contribution in [3.63, 3.8) is 0 Å². The first-order valence-electron chi connectivity index (χ1n) is 7.83. The van der Waals surface area contributed by atoms with Crippen LogP contribution in [0.3, 0.4) is 0 Å². The second-order valence-electron chi connectivity index (χ2n) is 6.61. The smallest absolute Gasteiger partial charge is 0.163 e. The summed E-state index contributed by atoms with van der Waals surface area (Å²) in [4.78, 5) is 0. The first-order valence-corrected chi connectivity index (χ1v) is 7.83. The minimum atomic E-state index is 0.0442. The predicted octanol–water partition coefficient (Wildman–Crippen LogP) is 2.97. The Bertz CT molecular complexity index is 447. The third-order valence-corrected chi connectivity index (χ3v) is 4.34. The molecular formula is C16H29N3O. The molecule has 2 rings (SSSR count). The van der Waals surface area contributed by atoms with Crippen LogP contribution in [-0.2, 0) is 7.05 Å². The lowest BCUT2D eigenvalue weighted by Crippen LogP contribution is -2.45. The van der Waals surface area contributed by atoms with Gasteiger partial charge in [-0.1, -0.05) is 13.8 Å². The van der Waals surface area contributed by atoms with Crippen molar-refractivity contribution in [2.75, 3.05) is 13.1 Å². The average molecular weight is 279 g/mol. The number of nitrogens with one attached hydrogen (secondary N) is 1. The molecule has 1 aliphatic carbocycles. The van der Waals surface area contributed by atoms with Gasteiger partial charge in [-0.25, -0.2) is 0 Å². The summed E-state index contributed by atoms with van der Waals surface area (Å²) in [7, 11) is 1.98. The Balaban J connectivity index is 1.94. The van der Waals surface area contributed by atoms with E-state index < -0.39 is 0 Å². The first kappa shape index (κ1) is 15.4. The first-order chi connectivity index (χ1) is 9.43. The largest absolute Gasteiger partial charge is 0.483 e. The molecule has 0 aliphatic heterocycles. The van der Waals surface area contributed by atoms with Crippen molar-refractivity contribution in [1.29, 1.82) is 0 Å². The van der Waals surface area contributed by atoms with Gasteiger partial charge in [0.05, 0.1) is 5.69 Å². The van der Waals surface area contributed by atoms with Crippen molar-refractivity contribution in [1.82, 2.24) is 15.1 Å². The van der Waals surface area contributed by atoms with Crippen LogP contribution in [0.25, 0.3) is 0 Å². The Morgan fingerprint density at radius 1 is 1.35 bits per heavy atom. The van der Waals surface area contributed by atoms with Gasteiger partial charge in [0.25, 0.3) is 0 Å². The number of aromatic nitrogens is 2. The molecule has 0 bridgehead atoms. The highest BCUT2D eigenvalue weighted by atomic mass is 16.5. The second kappa shape index (κ2) is 6.17. The van der Waals surface area contributed by atoms with Gasteiger partial charge in [0.2, 0.25) is 0 Å². The van der Waals surface area contributed by atoms with Crippen molar-refractivity contribution in [3.05, 3.63) is 11.4 Å². The van der Waals surface area contributed by atoms with Crippen LogP contribution in [0.2, 0.25) is 0 Å². The molecule has 0 atom stereocenters. The summed E-state index contributed by atoms with van der Waals surface area (Å²) in [5.41, 5.74) is 2.18. The molecule has 114 valence electrons. The highest BCUT2D eigenvalue weighted by Gasteiger charge is 2.39. The van der Waals surface area contributed by atoms with Gasteiger partial charge >= 0.3 is 0 Å². The van der Waals surface area contributed by atoms with Gasteiger partial charge < -0.3 is 10.1 Å². The number of ether oxygens (including phenoxy) is 1. The summed E-state index contributed by atoms with van der Waals surface area (Å²) in [6.07, 6.45) is 4.71.